The van der Waals surface area contributed by atoms with Crippen molar-refractivity contribution in [2.45, 2.75) is 56.1 Å². The Bertz CT molecular complexity index is 1210. The second-order valence-corrected chi connectivity index (χ2v) is 11.2. The maximum Gasteiger partial charge on any atom is 0.410 e. The van der Waals surface area contributed by atoms with Crippen LogP contribution in [0.1, 0.15) is 49.1 Å². The van der Waals surface area contributed by atoms with E-state index in [0.717, 1.165) is 24.0 Å². The van der Waals surface area contributed by atoms with Gasteiger partial charge in [-0.1, -0.05) is 61.2 Å². The zero-order chi connectivity index (χ0) is 27.4. The summed E-state index contributed by atoms with van der Waals surface area (Å²) in [7, 11) is 0.446. The Labute approximate surface area is 235 Å². The molecule has 0 spiro atoms. The number of carbonyl (C=O) groups is 3. The average Bonchev–Trinajstić information content (AvgIpc) is 3.41. The van der Waals surface area contributed by atoms with Crippen molar-refractivity contribution in [3.63, 3.8) is 0 Å². The van der Waals surface area contributed by atoms with Crippen LogP contribution in [0.15, 0.2) is 61.2 Å². The first-order valence-electron chi connectivity index (χ1n) is 13.3. The number of benzene rings is 2. The monoisotopic (exact) mass is 565 g/mol. The van der Waals surface area contributed by atoms with Crippen LogP contribution in [-0.4, -0.2) is 65.5 Å². The molecule has 3 aliphatic rings. The molecule has 0 aromatic heterocycles. The lowest BCUT2D eigenvalue weighted by molar-refractivity contribution is -0.128. The van der Waals surface area contributed by atoms with Gasteiger partial charge in [0.2, 0.25) is 5.91 Å². The van der Waals surface area contributed by atoms with E-state index in [4.69, 9.17) is 21.3 Å². The van der Waals surface area contributed by atoms with Gasteiger partial charge >= 0.3 is 12.2 Å². The number of amides is 3. The molecule has 5 rings (SSSR count). The van der Waals surface area contributed by atoms with Crippen molar-refractivity contribution in [2.75, 3.05) is 19.8 Å². The molecule has 39 heavy (non-hydrogen) atoms. The molecular formula is C29H32N3O5PS. The molecule has 1 N–H and O–H groups in total. The molecule has 2 fully saturated rings. The molecule has 3 atom stereocenters. The van der Waals surface area contributed by atoms with Crippen LogP contribution in [0, 0.1) is 0 Å². The third-order valence-electron chi connectivity index (χ3n) is 7.88. The third kappa shape index (κ3) is 5.70. The van der Waals surface area contributed by atoms with Crippen molar-refractivity contribution >= 4 is 37.4 Å². The van der Waals surface area contributed by atoms with Gasteiger partial charge in [0, 0.05) is 37.0 Å². The SMILES string of the molecule is C=CCOC(=O)N1[C@@H]2CC[C@H]1C[C@H](N(P=S)C(=O)CCNC(=O)OCC1c3ccccc3-c3ccccc31)C2. The lowest BCUT2D eigenvalue weighted by Gasteiger charge is -2.40. The summed E-state index contributed by atoms with van der Waals surface area (Å²) < 4.78 is 12.5. The number of alkyl carbamates (subject to hydrolysis) is 1. The van der Waals surface area contributed by atoms with Gasteiger partial charge in [-0.2, -0.15) is 0 Å². The van der Waals surface area contributed by atoms with Crippen LogP contribution in [0.4, 0.5) is 9.59 Å². The number of rotatable bonds is 9. The Hall–Kier alpha value is -3.29. The minimum atomic E-state index is -0.545. The lowest BCUT2D eigenvalue weighted by atomic mass is 9.97. The van der Waals surface area contributed by atoms with Crippen LogP contribution in [-0.2, 0) is 26.1 Å². The summed E-state index contributed by atoms with van der Waals surface area (Å²) in [6, 6.07) is 16.4. The minimum Gasteiger partial charge on any atom is -0.449 e. The minimum absolute atomic E-state index is 0.0189. The topological polar surface area (TPSA) is 88.2 Å². The molecular weight excluding hydrogens is 533 g/mol. The smallest absolute Gasteiger partial charge is 0.410 e. The number of fused-ring (bicyclic) bond motifs is 5. The number of piperidine rings is 1. The van der Waals surface area contributed by atoms with Crippen molar-refractivity contribution in [1.29, 1.82) is 0 Å². The molecule has 0 unspecified atom stereocenters. The molecule has 204 valence electrons. The normalized spacial score (nSPS) is 21.1. The van der Waals surface area contributed by atoms with Gasteiger partial charge in [0.25, 0.3) is 0 Å². The van der Waals surface area contributed by atoms with Crippen molar-refractivity contribution in [2.24, 2.45) is 0 Å². The van der Waals surface area contributed by atoms with Gasteiger partial charge in [0.05, 0.1) is 7.51 Å². The fraction of sp³-hybridized carbons (Fsp3) is 0.414. The van der Waals surface area contributed by atoms with E-state index in [2.05, 4.69) is 36.2 Å². The molecule has 0 radical (unpaired) electrons. The van der Waals surface area contributed by atoms with Crippen LogP contribution in [0.25, 0.3) is 11.1 Å². The number of nitrogens with one attached hydrogen (secondary N) is 1. The first-order valence-corrected chi connectivity index (χ1v) is 15.2. The van der Waals surface area contributed by atoms with E-state index < -0.39 is 6.09 Å². The maximum atomic E-state index is 13.0. The van der Waals surface area contributed by atoms with E-state index in [1.54, 1.807) is 10.7 Å². The average molecular weight is 566 g/mol. The van der Waals surface area contributed by atoms with Gasteiger partial charge in [-0.3, -0.25) is 9.46 Å². The molecule has 2 aliphatic heterocycles. The Morgan fingerprint density at radius 2 is 1.64 bits per heavy atom. The van der Waals surface area contributed by atoms with E-state index >= 15 is 0 Å². The fourth-order valence-corrected chi connectivity index (χ4v) is 7.39. The van der Waals surface area contributed by atoms with E-state index in [0.29, 0.717) is 20.3 Å². The summed E-state index contributed by atoms with van der Waals surface area (Å²) in [6.07, 6.45) is 3.96. The highest BCUT2D eigenvalue weighted by Gasteiger charge is 2.46. The molecule has 0 saturated carbocycles. The molecule has 3 amide bonds. The highest BCUT2D eigenvalue weighted by molar-refractivity contribution is 7.95. The number of hydrogen-bond donors (Lipinski definition) is 1. The molecule has 10 heteroatoms. The van der Waals surface area contributed by atoms with E-state index in [1.165, 1.54) is 11.1 Å². The summed E-state index contributed by atoms with van der Waals surface area (Å²) in [4.78, 5) is 39.8. The van der Waals surface area contributed by atoms with E-state index in [1.807, 2.05) is 29.2 Å². The second-order valence-electron chi connectivity index (χ2n) is 10.1. The first kappa shape index (κ1) is 27.3. The van der Waals surface area contributed by atoms with Crippen molar-refractivity contribution < 1.29 is 23.9 Å². The Kier molecular flexibility index (Phi) is 8.58. The summed E-state index contributed by atoms with van der Waals surface area (Å²) in [6.45, 7) is 4.16. The lowest BCUT2D eigenvalue weighted by Crippen LogP contribution is -2.52. The van der Waals surface area contributed by atoms with Crippen LogP contribution in [0.3, 0.4) is 0 Å². The molecule has 2 aromatic rings. The molecule has 2 saturated heterocycles. The largest absolute Gasteiger partial charge is 0.449 e. The van der Waals surface area contributed by atoms with E-state index in [9.17, 15) is 14.4 Å². The zero-order valence-electron chi connectivity index (χ0n) is 21.7. The maximum absolute atomic E-state index is 13.0. The van der Waals surface area contributed by atoms with Gasteiger partial charge in [-0.15, -0.1) is 0 Å². The van der Waals surface area contributed by atoms with Gasteiger partial charge in [0.1, 0.15) is 13.2 Å². The molecule has 8 nitrogen and oxygen atoms in total. The van der Waals surface area contributed by atoms with Crippen LogP contribution < -0.4 is 5.32 Å². The third-order valence-corrected chi connectivity index (χ3v) is 9.14. The van der Waals surface area contributed by atoms with Crippen molar-refractivity contribution in [3.05, 3.63) is 72.3 Å². The first-order chi connectivity index (χ1) is 19.0. The van der Waals surface area contributed by atoms with E-state index in [-0.39, 0.29) is 62.2 Å². The van der Waals surface area contributed by atoms with Gasteiger partial charge < -0.3 is 19.7 Å². The van der Waals surface area contributed by atoms with Crippen molar-refractivity contribution in [1.82, 2.24) is 14.9 Å². The van der Waals surface area contributed by atoms with Crippen LogP contribution in [0.5, 0.6) is 0 Å². The molecule has 1 aliphatic carbocycles. The Morgan fingerprint density at radius 1 is 1.03 bits per heavy atom. The summed E-state index contributed by atoms with van der Waals surface area (Å²) in [5.41, 5.74) is 4.64. The quantitative estimate of drug-likeness (QED) is 0.324. The predicted molar refractivity (Wildman–Crippen MR) is 152 cm³/mol. The number of hydrogen-bond acceptors (Lipinski definition) is 6. The summed E-state index contributed by atoms with van der Waals surface area (Å²) in [5, 5.41) is 2.72. The Morgan fingerprint density at radius 3 is 2.23 bits per heavy atom. The molecule has 2 bridgehead atoms. The Balaban J connectivity index is 1.09. The zero-order valence-corrected chi connectivity index (χ0v) is 23.4. The fourth-order valence-electron chi connectivity index (χ4n) is 6.20. The summed E-state index contributed by atoms with van der Waals surface area (Å²) >= 11 is 5.28. The highest BCUT2D eigenvalue weighted by atomic mass is 32.4. The molecule has 2 aromatic carbocycles. The highest BCUT2D eigenvalue weighted by Crippen LogP contribution is 2.44. The number of ether oxygens (including phenoxy) is 2. The number of nitrogens with zero attached hydrogens (tertiary/aromatic N) is 2. The van der Waals surface area contributed by atoms with Gasteiger partial charge in [0.15, 0.2) is 0 Å². The van der Waals surface area contributed by atoms with Crippen molar-refractivity contribution in [3.8, 4) is 11.1 Å². The van der Waals surface area contributed by atoms with Crippen LogP contribution in [0.2, 0.25) is 0 Å². The van der Waals surface area contributed by atoms with Crippen LogP contribution >= 0.6 is 7.51 Å². The second kappa shape index (κ2) is 12.3. The van der Waals surface area contributed by atoms with Gasteiger partial charge in [-0.25, -0.2) is 9.59 Å². The molecule has 2 heterocycles. The van der Waals surface area contributed by atoms with Gasteiger partial charge in [-0.05, 0) is 59.7 Å². The predicted octanol–water partition coefficient (Wildman–Crippen LogP) is 5.38. The number of carbonyl (C=O) groups excluding carboxylic acids is 3. The summed E-state index contributed by atoms with van der Waals surface area (Å²) in [5.74, 6) is -0.132. The standard InChI is InChI=1S/C29H32N3O5PS/c1-2-15-36-29(35)31-19-11-12-20(31)17-21(16-19)32(38-39)27(33)13-14-30-28(34)37-18-26-24-9-5-3-7-22(24)23-8-4-6-10-25(23)26/h2-10,19-21,26H,1,11-18H2,(H,30,34)/t19-,20+,21-.